The van der Waals surface area contributed by atoms with Crippen LogP contribution in [-0.4, -0.2) is 41.0 Å². The van der Waals surface area contributed by atoms with Crippen molar-refractivity contribution in [3.05, 3.63) is 60.3 Å². The van der Waals surface area contributed by atoms with E-state index in [0.717, 1.165) is 35.0 Å². The van der Waals surface area contributed by atoms with Gasteiger partial charge >= 0.3 is 0 Å². The third-order valence-corrected chi connectivity index (χ3v) is 5.49. The highest BCUT2D eigenvalue weighted by Crippen LogP contribution is 2.25. The van der Waals surface area contributed by atoms with Crippen LogP contribution >= 0.6 is 0 Å². The van der Waals surface area contributed by atoms with E-state index in [2.05, 4.69) is 17.2 Å². The second-order valence-electron chi connectivity index (χ2n) is 7.94. The third kappa shape index (κ3) is 5.88. The van der Waals surface area contributed by atoms with Crippen molar-refractivity contribution in [3.8, 4) is 5.75 Å². The zero-order valence-corrected chi connectivity index (χ0v) is 18.5. The van der Waals surface area contributed by atoms with Gasteiger partial charge < -0.3 is 26.0 Å². The maximum atomic E-state index is 13.7. The average molecular weight is 437 g/mol. The number of amides is 2. The second-order valence-corrected chi connectivity index (χ2v) is 7.94. The first-order valence-electron chi connectivity index (χ1n) is 11.2. The number of benzene rings is 2. The summed E-state index contributed by atoms with van der Waals surface area (Å²) in [6.45, 7) is 3.07. The summed E-state index contributed by atoms with van der Waals surface area (Å²) < 4.78 is 0. The fraction of sp³-hybridized carbons (Fsp3) is 0.360. The Hall–Kier alpha value is -3.32. The van der Waals surface area contributed by atoms with Gasteiger partial charge in [0.1, 0.15) is 11.8 Å². The fourth-order valence-corrected chi connectivity index (χ4v) is 3.76. The Morgan fingerprint density at radius 2 is 1.94 bits per heavy atom. The smallest absolute Gasteiger partial charge is 0.249 e. The van der Waals surface area contributed by atoms with Gasteiger partial charge in [-0.25, -0.2) is 0 Å². The van der Waals surface area contributed by atoms with Crippen LogP contribution in [0.25, 0.3) is 10.9 Å². The molecule has 0 aliphatic heterocycles. The van der Waals surface area contributed by atoms with Gasteiger partial charge in [-0.2, -0.15) is 0 Å². The lowest BCUT2D eigenvalue weighted by Crippen LogP contribution is -2.50. The van der Waals surface area contributed by atoms with Gasteiger partial charge in [-0.3, -0.25) is 9.59 Å². The molecule has 2 amide bonds. The highest BCUT2D eigenvalue weighted by molar-refractivity contribution is 6.00. The summed E-state index contributed by atoms with van der Waals surface area (Å²) in [7, 11) is 0. The molecule has 0 saturated heterocycles. The van der Waals surface area contributed by atoms with Crippen molar-refractivity contribution in [1.82, 2.24) is 10.3 Å². The van der Waals surface area contributed by atoms with Crippen LogP contribution in [0.4, 0.5) is 5.69 Å². The minimum Gasteiger partial charge on any atom is -0.508 e. The normalized spacial score (nSPS) is 11.9. The summed E-state index contributed by atoms with van der Waals surface area (Å²) in [5.74, 6) is -0.192. The van der Waals surface area contributed by atoms with Crippen LogP contribution in [0.1, 0.15) is 38.2 Å². The van der Waals surface area contributed by atoms with E-state index >= 15 is 0 Å². The van der Waals surface area contributed by atoms with E-state index in [1.165, 1.54) is 0 Å². The van der Waals surface area contributed by atoms with Crippen molar-refractivity contribution in [3.63, 3.8) is 0 Å². The number of para-hydroxylation sites is 1. The molecule has 32 heavy (non-hydrogen) atoms. The topological polar surface area (TPSA) is 111 Å². The minimum absolute atomic E-state index is 0.153. The Bertz CT molecular complexity index is 1030. The number of carbonyl (C=O) groups excluding carboxylic acids is 2. The number of nitrogens with two attached hydrogens (primary N) is 1. The molecule has 1 unspecified atom stereocenters. The van der Waals surface area contributed by atoms with E-state index in [0.29, 0.717) is 25.9 Å². The molecule has 1 aromatic heterocycles. The lowest BCUT2D eigenvalue weighted by Gasteiger charge is -2.28. The van der Waals surface area contributed by atoms with E-state index in [-0.39, 0.29) is 24.0 Å². The molecule has 7 heteroatoms. The molecule has 0 saturated carbocycles. The van der Waals surface area contributed by atoms with Gasteiger partial charge in [0.25, 0.3) is 0 Å². The van der Waals surface area contributed by atoms with E-state index in [4.69, 9.17) is 5.73 Å². The van der Waals surface area contributed by atoms with Crippen LogP contribution in [0.2, 0.25) is 0 Å². The summed E-state index contributed by atoms with van der Waals surface area (Å²) in [4.78, 5) is 31.2. The Morgan fingerprint density at radius 1 is 1.16 bits per heavy atom. The van der Waals surface area contributed by atoms with E-state index in [9.17, 15) is 14.7 Å². The van der Waals surface area contributed by atoms with E-state index < -0.39 is 6.04 Å². The van der Waals surface area contributed by atoms with Gasteiger partial charge in [0.05, 0.1) is 0 Å². The first-order valence-corrected chi connectivity index (χ1v) is 11.2. The van der Waals surface area contributed by atoms with Crippen LogP contribution in [0, 0.1) is 0 Å². The van der Waals surface area contributed by atoms with Gasteiger partial charge in [-0.1, -0.05) is 31.5 Å². The molecule has 2 aromatic carbocycles. The molecular formula is C25H32N4O3. The summed E-state index contributed by atoms with van der Waals surface area (Å²) in [5.41, 5.74) is 8.08. The first kappa shape index (κ1) is 23.3. The second kappa shape index (κ2) is 11.3. The van der Waals surface area contributed by atoms with Crippen molar-refractivity contribution in [1.29, 1.82) is 0 Å². The van der Waals surface area contributed by atoms with Crippen molar-refractivity contribution in [2.75, 3.05) is 18.0 Å². The van der Waals surface area contributed by atoms with Gasteiger partial charge in [0.2, 0.25) is 11.8 Å². The SMILES string of the molecule is CCCCN(C(=O)C(Cc1c[nH]c2ccc(O)cc12)NC(=O)CCCN)c1ccccc1. The highest BCUT2D eigenvalue weighted by atomic mass is 16.3. The summed E-state index contributed by atoms with van der Waals surface area (Å²) in [5, 5.41) is 13.7. The molecule has 7 nitrogen and oxygen atoms in total. The number of fused-ring (bicyclic) bond motifs is 1. The zero-order valence-electron chi connectivity index (χ0n) is 18.5. The van der Waals surface area contributed by atoms with Gasteiger partial charge in [-0.15, -0.1) is 0 Å². The zero-order chi connectivity index (χ0) is 22.9. The third-order valence-electron chi connectivity index (χ3n) is 5.49. The van der Waals surface area contributed by atoms with Crippen molar-refractivity contribution in [2.45, 2.75) is 45.1 Å². The molecular weight excluding hydrogens is 404 g/mol. The Kier molecular flexibility index (Phi) is 8.27. The predicted octanol–water partition coefficient (Wildman–Crippen LogP) is 3.47. The van der Waals surface area contributed by atoms with Crippen LogP contribution < -0.4 is 16.0 Å². The molecule has 0 aliphatic carbocycles. The van der Waals surface area contributed by atoms with Crippen molar-refractivity contribution in [2.24, 2.45) is 5.73 Å². The molecule has 1 heterocycles. The Morgan fingerprint density at radius 3 is 2.66 bits per heavy atom. The number of nitrogens with one attached hydrogen (secondary N) is 2. The quantitative estimate of drug-likeness (QED) is 0.369. The summed E-state index contributed by atoms with van der Waals surface area (Å²) in [6.07, 6.45) is 4.78. The van der Waals surface area contributed by atoms with Crippen LogP contribution in [0.15, 0.2) is 54.7 Å². The largest absolute Gasteiger partial charge is 0.508 e. The lowest BCUT2D eigenvalue weighted by atomic mass is 10.0. The number of unbranched alkanes of at least 4 members (excludes halogenated alkanes) is 1. The highest BCUT2D eigenvalue weighted by Gasteiger charge is 2.28. The number of phenols is 1. The van der Waals surface area contributed by atoms with Gasteiger partial charge in [-0.05, 0) is 55.3 Å². The molecule has 0 fully saturated rings. The molecule has 3 aromatic rings. The number of hydrogen-bond donors (Lipinski definition) is 4. The molecule has 3 rings (SSSR count). The van der Waals surface area contributed by atoms with Gasteiger partial charge in [0.15, 0.2) is 0 Å². The van der Waals surface area contributed by atoms with Crippen molar-refractivity contribution < 1.29 is 14.7 Å². The molecule has 1 atom stereocenters. The van der Waals surface area contributed by atoms with Crippen LogP contribution in [-0.2, 0) is 16.0 Å². The minimum atomic E-state index is -0.737. The number of aromatic nitrogens is 1. The summed E-state index contributed by atoms with van der Waals surface area (Å²) >= 11 is 0. The number of phenolic OH excluding ortho intramolecular Hbond substituents is 1. The molecule has 0 aliphatic rings. The Balaban J connectivity index is 1.91. The summed E-state index contributed by atoms with van der Waals surface area (Å²) in [6, 6.07) is 13.9. The monoisotopic (exact) mass is 436 g/mol. The first-order chi connectivity index (χ1) is 15.5. The maximum absolute atomic E-state index is 13.7. The number of carbonyl (C=O) groups is 2. The number of aromatic hydroxyl groups is 1. The molecule has 0 spiro atoms. The molecule has 0 radical (unpaired) electrons. The number of H-pyrrole nitrogens is 1. The Labute approximate surface area is 188 Å². The molecule has 170 valence electrons. The maximum Gasteiger partial charge on any atom is 0.249 e. The molecule has 0 bridgehead atoms. The number of aromatic amines is 1. The average Bonchev–Trinajstić information content (AvgIpc) is 3.19. The standard InChI is InChI=1S/C25H32N4O3/c1-2-3-14-29(19-8-5-4-6-9-19)25(32)23(28-24(31)10-7-13-26)15-18-17-27-22-12-11-20(30)16-21(18)22/h4-6,8-9,11-12,16-17,23,27,30H,2-3,7,10,13-15,26H2,1H3,(H,28,31). The number of hydrogen-bond acceptors (Lipinski definition) is 4. The van der Waals surface area contributed by atoms with Crippen LogP contribution in [0.5, 0.6) is 5.75 Å². The fourth-order valence-electron chi connectivity index (χ4n) is 3.76. The van der Waals surface area contributed by atoms with E-state index in [1.54, 1.807) is 23.1 Å². The van der Waals surface area contributed by atoms with Crippen molar-refractivity contribution >= 4 is 28.4 Å². The van der Waals surface area contributed by atoms with E-state index in [1.807, 2.05) is 36.5 Å². The number of nitrogens with zero attached hydrogens (tertiary/aromatic N) is 1. The number of rotatable bonds is 11. The van der Waals surface area contributed by atoms with Crippen LogP contribution in [0.3, 0.4) is 0 Å². The lowest BCUT2D eigenvalue weighted by molar-refractivity contribution is -0.127. The molecule has 5 N–H and O–H groups in total. The van der Waals surface area contributed by atoms with Gasteiger partial charge in [0, 0.05) is 42.2 Å². The number of anilines is 1. The predicted molar refractivity (Wildman–Crippen MR) is 128 cm³/mol.